The molecule has 178 valence electrons. The van der Waals surface area contributed by atoms with E-state index >= 15 is 0 Å². The van der Waals surface area contributed by atoms with Gasteiger partial charge in [-0.2, -0.15) is 6.61 Å². The van der Waals surface area contributed by atoms with Crippen LogP contribution in [0.25, 0.3) is 0 Å². The van der Waals surface area contributed by atoms with E-state index in [1.165, 1.54) is 0 Å². The molecule has 0 radical (unpaired) electrons. The molecule has 2 heterocycles. The molecule has 0 saturated carbocycles. The van der Waals surface area contributed by atoms with Gasteiger partial charge < -0.3 is 38.0 Å². The molecular weight excluding hydrogens is 759 g/mol. The van der Waals surface area contributed by atoms with Gasteiger partial charge in [-0.05, 0) is 54.1 Å². The van der Waals surface area contributed by atoms with Crippen LogP contribution in [-0.4, -0.2) is 60.2 Å². The molecule has 2 aliphatic rings. The molecule has 0 aromatic rings. The number of aliphatic hydroxyl groups is 1. The number of phosphoric acid groups is 1. The Kier molecular flexibility index (Phi) is 13.8. The van der Waals surface area contributed by atoms with Gasteiger partial charge in [-0.1, -0.05) is 0 Å². The minimum atomic E-state index is -4.77. The Morgan fingerprint density at radius 1 is 1.17 bits per heavy atom. The average Bonchev–Trinajstić information content (AvgIpc) is 3.02. The Balaban J connectivity index is 0.00000420. The predicted octanol–water partition coefficient (Wildman–Crippen LogP) is 1.91. The molecule has 1 N–H and O–H groups in total. The normalized spacial score (nSPS) is 35.9. The van der Waals surface area contributed by atoms with Crippen LogP contribution in [0, 0.1) is 6.61 Å². The van der Waals surface area contributed by atoms with Crippen molar-refractivity contribution >= 4 is 7.82 Å². The van der Waals surface area contributed by atoms with E-state index in [1.807, 2.05) is 20.8 Å². The van der Waals surface area contributed by atoms with Crippen LogP contribution >= 0.6 is 7.82 Å². The number of hydrogen-bond acceptors (Lipinski definition) is 9. The molecule has 2 aliphatic heterocycles. The third kappa shape index (κ3) is 9.65. The molecule has 12 heteroatoms. The van der Waals surface area contributed by atoms with Gasteiger partial charge in [0.1, 0.15) is 12.7 Å². The SMILES string of the molecule is CC(C)OC[C@@]1(O)O[C@@H](C)CC1OP(=O)([O-])O[CH-][C@H]1O[C@@H](C)CC1OC(C)C.[W].[W]. The van der Waals surface area contributed by atoms with Gasteiger partial charge in [-0.15, -0.1) is 0 Å². The van der Waals surface area contributed by atoms with Gasteiger partial charge in [-0.3, -0.25) is 4.57 Å². The molecule has 0 bridgehead atoms. The third-order valence-electron chi connectivity index (χ3n) is 4.43. The summed E-state index contributed by atoms with van der Waals surface area (Å²) in [6.45, 7) is 11.8. The molecule has 0 amide bonds. The summed E-state index contributed by atoms with van der Waals surface area (Å²) < 4.78 is 44.6. The van der Waals surface area contributed by atoms with Crippen molar-refractivity contribution in [3.05, 3.63) is 6.61 Å². The van der Waals surface area contributed by atoms with Crippen LogP contribution in [-0.2, 0) is 74.7 Å². The van der Waals surface area contributed by atoms with Crippen LogP contribution < -0.4 is 4.89 Å². The number of phosphoric ester groups is 1. The number of rotatable bonds is 10. The Hall–Kier alpha value is 1.29. The Bertz CT molecular complexity index is 554. The summed E-state index contributed by atoms with van der Waals surface area (Å²) in [5, 5.41) is 10.6. The van der Waals surface area contributed by atoms with Crippen molar-refractivity contribution in [1.82, 2.24) is 0 Å². The molecule has 9 nitrogen and oxygen atoms in total. The smallest absolute Gasteiger partial charge is 0.237 e. The van der Waals surface area contributed by atoms with E-state index in [1.54, 1.807) is 20.8 Å². The van der Waals surface area contributed by atoms with Crippen LogP contribution in [0.1, 0.15) is 54.4 Å². The van der Waals surface area contributed by atoms with Crippen LogP contribution in [0.4, 0.5) is 0 Å². The quantitative estimate of drug-likeness (QED) is 0.262. The average molecular weight is 792 g/mol. The van der Waals surface area contributed by atoms with E-state index in [9.17, 15) is 14.6 Å². The maximum Gasteiger partial charge on any atom is 0.237 e. The van der Waals surface area contributed by atoms with Crippen LogP contribution in [0.5, 0.6) is 0 Å². The fourth-order valence-corrected chi connectivity index (χ4v) is 4.17. The molecule has 3 unspecified atom stereocenters. The Labute approximate surface area is 208 Å². The molecular formula is C18H33O9PW2-2. The molecule has 30 heavy (non-hydrogen) atoms. The van der Waals surface area contributed by atoms with E-state index in [-0.39, 0.29) is 79.6 Å². The zero-order valence-corrected chi connectivity index (χ0v) is 25.0. The molecule has 0 aliphatic carbocycles. The largest absolute Gasteiger partial charge is 0.758 e. The topological polar surface area (TPSA) is 116 Å². The van der Waals surface area contributed by atoms with Crippen molar-refractivity contribution < 1.29 is 84.7 Å². The summed E-state index contributed by atoms with van der Waals surface area (Å²) in [6, 6.07) is 0. The second kappa shape index (κ2) is 13.2. The van der Waals surface area contributed by atoms with Crippen molar-refractivity contribution in [3.8, 4) is 0 Å². The molecule has 0 spiro atoms. The number of hydrogen-bond donors (Lipinski definition) is 1. The van der Waals surface area contributed by atoms with Crippen LogP contribution in [0.2, 0.25) is 0 Å². The van der Waals surface area contributed by atoms with E-state index in [0.717, 1.165) is 6.61 Å². The maximum absolute atomic E-state index is 12.3. The van der Waals surface area contributed by atoms with Crippen molar-refractivity contribution in [2.24, 2.45) is 0 Å². The summed E-state index contributed by atoms with van der Waals surface area (Å²) in [5.41, 5.74) is 0. The van der Waals surface area contributed by atoms with Crippen LogP contribution in [0.3, 0.4) is 0 Å². The first-order chi connectivity index (χ1) is 12.9. The summed E-state index contributed by atoms with van der Waals surface area (Å²) >= 11 is 0. The molecule has 2 fully saturated rings. The van der Waals surface area contributed by atoms with Gasteiger partial charge in [0.25, 0.3) is 0 Å². The number of ether oxygens (including phenoxy) is 4. The van der Waals surface area contributed by atoms with Gasteiger partial charge in [0.2, 0.25) is 13.6 Å². The minimum Gasteiger partial charge on any atom is -0.758 e. The zero-order chi connectivity index (χ0) is 21.1. The fraction of sp³-hybridized carbons (Fsp3) is 0.944. The molecule has 2 saturated heterocycles. The van der Waals surface area contributed by atoms with Crippen LogP contribution in [0.15, 0.2) is 0 Å². The maximum atomic E-state index is 12.3. The van der Waals surface area contributed by atoms with E-state index in [0.29, 0.717) is 6.42 Å². The Morgan fingerprint density at radius 3 is 2.37 bits per heavy atom. The summed E-state index contributed by atoms with van der Waals surface area (Å²) in [5.74, 6) is -1.87. The fourth-order valence-electron chi connectivity index (χ4n) is 3.29. The summed E-state index contributed by atoms with van der Waals surface area (Å²) in [4.78, 5) is 12.3. The van der Waals surface area contributed by atoms with Crippen molar-refractivity contribution in [2.45, 2.75) is 103 Å². The molecule has 0 aromatic heterocycles. The van der Waals surface area contributed by atoms with Gasteiger partial charge in [-0.25, -0.2) is 0 Å². The van der Waals surface area contributed by atoms with Crippen molar-refractivity contribution in [1.29, 1.82) is 0 Å². The van der Waals surface area contributed by atoms with E-state index in [2.05, 4.69) is 0 Å². The minimum absolute atomic E-state index is 0. The molecule has 7 atom stereocenters. The Morgan fingerprint density at radius 2 is 1.80 bits per heavy atom. The van der Waals surface area contributed by atoms with E-state index < -0.39 is 31.9 Å². The first kappa shape index (κ1) is 31.3. The zero-order valence-electron chi connectivity index (χ0n) is 18.2. The monoisotopic (exact) mass is 792 g/mol. The molecule has 0 aromatic carbocycles. The second-order valence-electron chi connectivity index (χ2n) is 8.02. The second-order valence-corrected chi connectivity index (χ2v) is 9.34. The summed E-state index contributed by atoms with van der Waals surface area (Å²) in [7, 11) is -4.77. The van der Waals surface area contributed by atoms with Gasteiger partial charge in [0, 0.05) is 48.6 Å². The third-order valence-corrected chi connectivity index (χ3v) is 5.32. The predicted molar refractivity (Wildman–Crippen MR) is 98.0 cm³/mol. The van der Waals surface area contributed by atoms with Crippen molar-refractivity contribution in [2.75, 3.05) is 6.61 Å². The first-order valence-electron chi connectivity index (χ1n) is 9.74. The van der Waals surface area contributed by atoms with Crippen molar-refractivity contribution in [3.63, 3.8) is 0 Å². The first-order valence-corrected chi connectivity index (χ1v) is 11.2. The van der Waals surface area contributed by atoms with Gasteiger partial charge in [0.05, 0.1) is 30.5 Å². The van der Waals surface area contributed by atoms with Gasteiger partial charge >= 0.3 is 0 Å². The van der Waals surface area contributed by atoms with Gasteiger partial charge in [0.15, 0.2) is 0 Å². The molecule has 2 rings (SSSR count). The summed E-state index contributed by atoms with van der Waals surface area (Å²) in [6.07, 6.45) is -1.92. The van der Waals surface area contributed by atoms with E-state index in [4.69, 9.17) is 28.0 Å². The standard InChI is InChI=1S/C18H34O9P.2W/c1-11(2)22-10-18(19)17(8-14(6)26-18)27-28(20,21)23-9-16-15(24-12(3)4)7-13(5)25-16;;/h9,11-17,19H,7-8,10H2,1-6H3,(H,20,21);;/q-1;;/p-1/t13-,14-,15?,16+,17?,18+;;/m0../s1.